The van der Waals surface area contributed by atoms with Crippen LogP contribution < -0.4 is 10.6 Å². The summed E-state index contributed by atoms with van der Waals surface area (Å²) in [5.74, 6) is 0.0196. The molecular weight excluding hydrogens is 190 g/mol. The predicted molar refractivity (Wildman–Crippen MR) is 60.4 cm³/mol. The molecule has 4 heteroatoms. The van der Waals surface area contributed by atoms with Gasteiger partial charge in [0.25, 0.3) is 0 Å². The molecule has 4 nitrogen and oxygen atoms in total. The van der Waals surface area contributed by atoms with E-state index in [4.69, 9.17) is 0 Å². The van der Waals surface area contributed by atoms with Crippen molar-refractivity contribution in [2.75, 3.05) is 6.54 Å². The molecule has 0 saturated heterocycles. The van der Waals surface area contributed by atoms with Gasteiger partial charge in [-0.1, -0.05) is 0 Å². The fraction of sp³-hybridized carbons (Fsp3) is 0.545. The van der Waals surface area contributed by atoms with Crippen molar-refractivity contribution < 1.29 is 4.79 Å². The van der Waals surface area contributed by atoms with E-state index < -0.39 is 0 Å². The zero-order valence-electron chi connectivity index (χ0n) is 9.55. The third kappa shape index (κ3) is 5.22. The van der Waals surface area contributed by atoms with Crippen LogP contribution in [0.5, 0.6) is 0 Å². The summed E-state index contributed by atoms with van der Waals surface area (Å²) < 4.78 is 0. The Morgan fingerprint density at radius 1 is 1.47 bits per heavy atom. The molecule has 1 rings (SSSR count). The molecule has 0 fully saturated rings. The molecule has 15 heavy (non-hydrogen) atoms. The van der Waals surface area contributed by atoms with Gasteiger partial charge >= 0.3 is 0 Å². The van der Waals surface area contributed by atoms with Crippen LogP contribution in [0.1, 0.15) is 26.3 Å². The first-order valence-corrected chi connectivity index (χ1v) is 5.11. The number of aromatic amines is 1. The van der Waals surface area contributed by atoms with Crippen LogP contribution in [-0.4, -0.2) is 23.0 Å². The molecule has 1 aromatic heterocycles. The monoisotopic (exact) mass is 209 g/mol. The molecule has 0 aromatic carbocycles. The molecule has 0 atom stereocenters. The molecule has 0 aliphatic heterocycles. The Bertz CT molecular complexity index is 298. The van der Waals surface area contributed by atoms with Crippen molar-refractivity contribution in [3.8, 4) is 0 Å². The SMILES string of the molecule is CC(C)(C)NCC(=O)NCc1cc[nH]c1. The van der Waals surface area contributed by atoms with Crippen molar-refractivity contribution >= 4 is 5.91 Å². The van der Waals surface area contributed by atoms with Crippen molar-refractivity contribution in [1.29, 1.82) is 0 Å². The summed E-state index contributed by atoms with van der Waals surface area (Å²) >= 11 is 0. The fourth-order valence-electron chi connectivity index (χ4n) is 1.08. The lowest BCUT2D eigenvalue weighted by atomic mass is 10.1. The van der Waals surface area contributed by atoms with E-state index in [1.165, 1.54) is 0 Å². The van der Waals surface area contributed by atoms with Crippen molar-refractivity contribution in [2.45, 2.75) is 32.9 Å². The number of rotatable bonds is 4. The molecule has 0 saturated carbocycles. The average molecular weight is 209 g/mol. The van der Waals surface area contributed by atoms with E-state index in [1.54, 1.807) is 0 Å². The van der Waals surface area contributed by atoms with E-state index in [1.807, 2.05) is 39.2 Å². The molecular formula is C11H19N3O. The summed E-state index contributed by atoms with van der Waals surface area (Å²) in [5, 5.41) is 5.97. The molecule has 84 valence electrons. The smallest absolute Gasteiger partial charge is 0.234 e. The summed E-state index contributed by atoms with van der Waals surface area (Å²) in [6.07, 6.45) is 3.71. The Hall–Kier alpha value is -1.29. The van der Waals surface area contributed by atoms with Gasteiger partial charge in [-0.05, 0) is 32.4 Å². The van der Waals surface area contributed by atoms with Gasteiger partial charge in [0.2, 0.25) is 5.91 Å². The molecule has 0 unspecified atom stereocenters. The lowest BCUT2D eigenvalue weighted by Gasteiger charge is -2.19. The van der Waals surface area contributed by atoms with Crippen molar-refractivity contribution in [2.24, 2.45) is 0 Å². The second kappa shape index (κ2) is 4.98. The summed E-state index contributed by atoms with van der Waals surface area (Å²) in [6, 6.07) is 1.94. The number of H-pyrrole nitrogens is 1. The molecule has 1 heterocycles. The van der Waals surface area contributed by atoms with Gasteiger partial charge in [0, 0.05) is 24.5 Å². The van der Waals surface area contributed by atoms with Gasteiger partial charge in [-0.25, -0.2) is 0 Å². The van der Waals surface area contributed by atoms with Gasteiger partial charge in [-0.2, -0.15) is 0 Å². The van der Waals surface area contributed by atoms with Gasteiger partial charge in [-0.15, -0.1) is 0 Å². The molecule has 3 N–H and O–H groups in total. The number of hydrogen-bond donors (Lipinski definition) is 3. The van der Waals surface area contributed by atoms with Crippen LogP contribution in [-0.2, 0) is 11.3 Å². The minimum absolute atomic E-state index is 0.0196. The standard InChI is InChI=1S/C11H19N3O/c1-11(2,3)14-8-10(15)13-7-9-4-5-12-6-9/h4-6,12,14H,7-8H2,1-3H3,(H,13,15). The molecule has 0 radical (unpaired) electrons. The van der Waals surface area contributed by atoms with Crippen molar-refractivity contribution in [1.82, 2.24) is 15.6 Å². The number of carbonyl (C=O) groups is 1. The summed E-state index contributed by atoms with van der Waals surface area (Å²) in [7, 11) is 0. The van der Waals surface area contributed by atoms with Crippen molar-refractivity contribution in [3.63, 3.8) is 0 Å². The minimum atomic E-state index is -0.0224. The topological polar surface area (TPSA) is 56.9 Å². The van der Waals surface area contributed by atoms with Crippen LogP contribution in [0, 0.1) is 0 Å². The van der Waals surface area contributed by atoms with Gasteiger partial charge in [0.05, 0.1) is 6.54 Å². The zero-order chi connectivity index (χ0) is 11.3. The second-order valence-corrected chi connectivity index (χ2v) is 4.60. The molecule has 0 aliphatic rings. The Labute approximate surface area is 90.5 Å². The highest BCUT2D eigenvalue weighted by Gasteiger charge is 2.10. The quantitative estimate of drug-likeness (QED) is 0.693. The van der Waals surface area contributed by atoms with Crippen LogP contribution in [0.25, 0.3) is 0 Å². The van der Waals surface area contributed by atoms with Crippen molar-refractivity contribution in [3.05, 3.63) is 24.0 Å². The lowest BCUT2D eigenvalue weighted by Crippen LogP contribution is -2.43. The van der Waals surface area contributed by atoms with Crippen LogP contribution in [0.4, 0.5) is 0 Å². The Balaban J connectivity index is 2.20. The number of hydrogen-bond acceptors (Lipinski definition) is 2. The maximum Gasteiger partial charge on any atom is 0.234 e. The first-order valence-electron chi connectivity index (χ1n) is 5.11. The van der Waals surface area contributed by atoms with Gasteiger partial charge < -0.3 is 15.6 Å². The lowest BCUT2D eigenvalue weighted by molar-refractivity contribution is -0.120. The maximum atomic E-state index is 11.4. The minimum Gasteiger partial charge on any atom is -0.367 e. The van der Waals surface area contributed by atoms with E-state index in [-0.39, 0.29) is 11.4 Å². The number of nitrogens with one attached hydrogen (secondary N) is 3. The normalized spacial score (nSPS) is 11.4. The summed E-state index contributed by atoms with van der Waals surface area (Å²) in [6.45, 7) is 7.04. The number of aromatic nitrogens is 1. The highest BCUT2D eigenvalue weighted by Crippen LogP contribution is 1.97. The number of carbonyl (C=O) groups excluding carboxylic acids is 1. The van der Waals surface area contributed by atoms with Crippen LogP contribution in [0.3, 0.4) is 0 Å². The largest absolute Gasteiger partial charge is 0.367 e. The van der Waals surface area contributed by atoms with E-state index in [2.05, 4.69) is 15.6 Å². The molecule has 0 aliphatic carbocycles. The Kier molecular flexibility index (Phi) is 3.91. The average Bonchev–Trinajstić information content (AvgIpc) is 2.62. The highest BCUT2D eigenvalue weighted by molar-refractivity contribution is 5.78. The van der Waals surface area contributed by atoms with E-state index in [0.717, 1.165) is 5.56 Å². The number of amides is 1. The van der Waals surface area contributed by atoms with Crippen LogP contribution in [0.15, 0.2) is 18.5 Å². The van der Waals surface area contributed by atoms with E-state index in [9.17, 15) is 4.79 Å². The Morgan fingerprint density at radius 3 is 2.73 bits per heavy atom. The predicted octanol–water partition coefficient (Wildman–Crippen LogP) is 1.02. The fourth-order valence-corrected chi connectivity index (χ4v) is 1.08. The molecule has 1 aromatic rings. The first kappa shape index (κ1) is 11.8. The van der Waals surface area contributed by atoms with E-state index >= 15 is 0 Å². The third-order valence-electron chi connectivity index (χ3n) is 1.93. The second-order valence-electron chi connectivity index (χ2n) is 4.60. The maximum absolute atomic E-state index is 11.4. The third-order valence-corrected chi connectivity index (χ3v) is 1.93. The van der Waals surface area contributed by atoms with Gasteiger partial charge in [-0.3, -0.25) is 4.79 Å². The summed E-state index contributed by atoms with van der Waals surface area (Å²) in [5.41, 5.74) is 1.06. The van der Waals surface area contributed by atoms with Gasteiger partial charge in [0.1, 0.15) is 0 Å². The van der Waals surface area contributed by atoms with Gasteiger partial charge in [0.15, 0.2) is 0 Å². The molecule has 1 amide bonds. The first-order chi connectivity index (χ1) is 6.97. The van der Waals surface area contributed by atoms with Crippen LogP contribution in [0.2, 0.25) is 0 Å². The van der Waals surface area contributed by atoms with E-state index in [0.29, 0.717) is 13.1 Å². The molecule has 0 spiro atoms. The Morgan fingerprint density at radius 2 is 2.20 bits per heavy atom. The highest BCUT2D eigenvalue weighted by atomic mass is 16.1. The zero-order valence-corrected chi connectivity index (χ0v) is 9.55. The van der Waals surface area contributed by atoms with Crippen LogP contribution >= 0.6 is 0 Å². The summed E-state index contributed by atoms with van der Waals surface area (Å²) in [4.78, 5) is 14.3. The molecule has 0 bridgehead atoms.